The van der Waals surface area contributed by atoms with Gasteiger partial charge in [-0.05, 0) is 88.0 Å². The van der Waals surface area contributed by atoms with Gasteiger partial charge in [-0.1, -0.05) is 6.58 Å². The summed E-state index contributed by atoms with van der Waals surface area (Å²) in [5.74, 6) is -1.37. The van der Waals surface area contributed by atoms with Crippen molar-refractivity contribution in [1.29, 1.82) is 0 Å². The number of methoxy groups -OCH3 is 3. The van der Waals surface area contributed by atoms with Crippen molar-refractivity contribution in [3.63, 3.8) is 0 Å². The van der Waals surface area contributed by atoms with Gasteiger partial charge in [-0.15, -0.1) is 0 Å². The average Bonchev–Trinajstić information content (AvgIpc) is 3.45. The molecule has 0 bridgehead atoms. The summed E-state index contributed by atoms with van der Waals surface area (Å²) in [4.78, 5) is 138. The van der Waals surface area contributed by atoms with Crippen LogP contribution in [0.15, 0.2) is 31.6 Å². The molecule has 0 spiro atoms. The van der Waals surface area contributed by atoms with Crippen LogP contribution in [0.1, 0.15) is 51.4 Å². The summed E-state index contributed by atoms with van der Waals surface area (Å²) in [5.41, 5.74) is 30.8. The maximum absolute atomic E-state index is 11.6. The Kier molecular flexibility index (Phi) is 244. The van der Waals surface area contributed by atoms with E-state index in [-0.39, 0.29) is 289 Å². The molecule has 0 aliphatic carbocycles. The van der Waals surface area contributed by atoms with Crippen molar-refractivity contribution in [1.82, 2.24) is 20.4 Å². The van der Waals surface area contributed by atoms with Crippen molar-refractivity contribution in [3.8, 4) is 0 Å². The molecule has 29 N–H and O–H groups in total. The molecule has 630 valence electrons. The summed E-state index contributed by atoms with van der Waals surface area (Å²) < 4.78 is 42.0. The number of rotatable bonds is 35. The molecule has 0 radical (unpaired) electrons. The molecular formula is C43H118Fe12N14O23P4Si4. The van der Waals surface area contributed by atoms with Crippen LogP contribution in [0.5, 0.6) is 0 Å². The largest absolute Gasteiger partial charge is 0.500 e. The molecule has 0 rings (SSSR count). The first-order valence-corrected chi connectivity index (χ1v) is 35.8. The number of nitrogens with two attached hydrogens (primary N) is 6. The minimum absolute atomic E-state index is 0. The van der Waals surface area contributed by atoms with Gasteiger partial charge in [0.1, 0.15) is 0 Å². The van der Waals surface area contributed by atoms with Crippen molar-refractivity contribution < 1.29 is 316 Å². The molecule has 0 aromatic rings. The second-order valence-electron chi connectivity index (χ2n) is 15.9. The van der Waals surface area contributed by atoms with Gasteiger partial charge >= 0.3 is 53.1 Å². The summed E-state index contributed by atoms with van der Waals surface area (Å²) >= 11 is 0. The fourth-order valence-electron chi connectivity index (χ4n) is 4.87. The van der Waals surface area contributed by atoms with E-state index in [1.54, 1.807) is 49.5 Å². The average molecular weight is 2110 g/mol. The van der Waals surface area contributed by atoms with Gasteiger partial charge in [0.15, 0.2) is 0 Å². The Labute approximate surface area is 733 Å². The Morgan fingerprint density at radius 3 is 0.790 bits per heavy atom. The third-order valence-electron chi connectivity index (χ3n) is 8.81. The molecule has 37 nitrogen and oxygen atoms in total. The first-order valence-electron chi connectivity index (χ1n) is 26.0. The zero-order chi connectivity index (χ0) is 68.6. The molecular weight excluding hydrogens is 1990 g/mol. The number of carbonyl (C=O) groups is 5. The summed E-state index contributed by atoms with van der Waals surface area (Å²) in [6.45, 7) is 9.46. The van der Waals surface area contributed by atoms with Gasteiger partial charge in [0.25, 0.3) is 0 Å². The Balaban J connectivity index is -0.0000000292. The Morgan fingerprint density at radius 1 is 0.400 bits per heavy atom. The normalized spacial score (nSPS) is 8.59. The Hall–Kier alpha value is 3.67. The first kappa shape index (κ1) is 177. The number of hydrogen-bond donors (Lipinski definition) is 17. The van der Waals surface area contributed by atoms with E-state index in [9.17, 15) is 24.0 Å². The Morgan fingerprint density at radius 2 is 0.630 bits per heavy atom. The number of nitrogens with zero attached hydrogens (tertiary/aromatic N) is 6. The molecule has 0 aromatic carbocycles. The predicted octanol–water partition coefficient (Wildman–Crippen LogP) is -5.78. The molecule has 0 unspecified atom stereocenters. The molecule has 0 heterocycles. The summed E-state index contributed by atoms with van der Waals surface area (Å²) in [6.07, 6.45) is 4.05. The van der Waals surface area contributed by atoms with E-state index in [2.05, 4.69) is 86.5 Å². The van der Waals surface area contributed by atoms with E-state index in [0.717, 1.165) is 18.5 Å². The standard InChI is InChI=1S/C13H31N5O5Si.C11H23NO7Si.C6H17NO3Si.C4H6O2.C3H11NO3Si.C2H8N2.4CH4NP.12Fe.3H2O/c14-4-6-16-12(19)2-9-18(8-1-11-24(21,22)23)10-3-13(20)17-7-5-15;1-18-10(13)4-7-12(8-5-11(14)19-2)6-3-9-20(15,16)17;1-8-11(9-2,10-3)6-4-5-7;1-3-4(5)6-2;4-2-1-3-8(5,6)7;3-1-2-4;4*1-2-3;;;;;;;;;;;;;;;/h21-23H,1-11,14-15H2,(H,16,19)(H,17,20);15-17H,3-9H2,1-2H3;4-7H2,1-3H3;3H,1H2,2H3;5-7H,1-4H2;1-4H2;4*3H,1H3;;;;;;;;;;;;;3*1H2. The van der Waals surface area contributed by atoms with Crippen molar-refractivity contribution in [2.24, 2.45) is 53.4 Å². The topological polar surface area (TPSA) is 653 Å². The van der Waals surface area contributed by atoms with E-state index in [1.165, 1.54) is 21.3 Å². The minimum Gasteiger partial charge on any atom is -0.469 e. The molecule has 57 heteroatoms. The maximum Gasteiger partial charge on any atom is 0.500 e. The van der Waals surface area contributed by atoms with E-state index in [0.29, 0.717) is 111 Å². The fraction of sp³-hybridized carbons (Fsp3) is 0.837. The van der Waals surface area contributed by atoms with E-state index >= 15 is 0 Å². The minimum atomic E-state index is -4.06. The second kappa shape index (κ2) is 138. The van der Waals surface area contributed by atoms with Crippen LogP contribution in [0.25, 0.3) is 0 Å². The van der Waals surface area contributed by atoms with E-state index in [1.807, 2.05) is 9.80 Å². The number of hydrogen-bond acceptors (Lipinski definition) is 32. The van der Waals surface area contributed by atoms with E-state index < -0.39 is 41.2 Å². The zero-order valence-electron chi connectivity index (χ0n) is 57.6. The zero-order valence-corrected chi connectivity index (χ0v) is 78.8. The summed E-state index contributed by atoms with van der Waals surface area (Å²) in [6, 6.07) is 0.665. The van der Waals surface area contributed by atoms with Crippen molar-refractivity contribution >= 4 is 101 Å². The van der Waals surface area contributed by atoms with Crippen LogP contribution in [-0.4, -0.2) is 297 Å². The van der Waals surface area contributed by atoms with Gasteiger partial charge < -0.3 is 142 Å². The van der Waals surface area contributed by atoms with Gasteiger partial charge in [-0.2, -0.15) is 0 Å². The molecule has 0 saturated carbocycles. The van der Waals surface area contributed by atoms with Crippen molar-refractivity contribution in [2.75, 3.05) is 162 Å². The number of ether oxygens (including phenoxy) is 3. The van der Waals surface area contributed by atoms with E-state index in [4.69, 9.17) is 90.8 Å². The van der Waals surface area contributed by atoms with Crippen LogP contribution < -0.4 is 45.0 Å². The number of amides is 2. The van der Waals surface area contributed by atoms with Crippen LogP contribution in [0.2, 0.25) is 24.2 Å². The number of nitrogens with one attached hydrogen (secondary N) is 2. The van der Waals surface area contributed by atoms with Crippen LogP contribution in [-0.2, 0) is 256 Å². The third kappa shape index (κ3) is 190. The van der Waals surface area contributed by atoms with Gasteiger partial charge in [0, 0.05) is 363 Å². The fourth-order valence-corrected chi connectivity index (χ4v) is 8.56. The quantitative estimate of drug-likeness (QED) is 0.00924. The van der Waals surface area contributed by atoms with Gasteiger partial charge in [0.05, 0.1) is 34.2 Å². The van der Waals surface area contributed by atoms with Crippen LogP contribution in [0.3, 0.4) is 0 Å². The molecule has 0 atom stereocenters. The molecule has 0 aliphatic rings. The molecule has 2 amide bonds. The molecule has 0 aromatic heterocycles. The molecule has 0 aliphatic heterocycles. The second-order valence-corrected chi connectivity index (χ2v) is 26.9. The summed E-state index contributed by atoms with van der Waals surface area (Å²) in [7, 11) is 12.4. The van der Waals surface area contributed by atoms with Crippen LogP contribution in [0, 0.1) is 0 Å². The predicted molar refractivity (Wildman–Crippen MR) is 357 cm³/mol. The Bertz CT molecular complexity index is 1550. The summed E-state index contributed by atoms with van der Waals surface area (Å²) in [5, 5.41) is 5.33. The first-order chi connectivity index (χ1) is 39.7. The van der Waals surface area contributed by atoms with Gasteiger partial charge in [-0.3, -0.25) is 38.2 Å². The molecule has 0 saturated heterocycles. The smallest absolute Gasteiger partial charge is 0.469 e. The van der Waals surface area contributed by atoms with Crippen molar-refractivity contribution in [3.05, 3.63) is 12.7 Å². The van der Waals surface area contributed by atoms with Gasteiger partial charge in [-0.25, -0.2) is 4.79 Å². The third-order valence-corrected chi connectivity index (χ3v) is 14.7. The molecule has 0 fully saturated rings. The van der Waals surface area contributed by atoms with Crippen LogP contribution >= 0.6 is 36.1 Å². The monoisotopic (exact) mass is 2110 g/mol. The number of carbonyl (C=O) groups excluding carboxylic acids is 5. The van der Waals surface area contributed by atoms with Gasteiger partial charge in [0.2, 0.25) is 11.8 Å². The number of esters is 3. The molecule has 100 heavy (non-hydrogen) atoms. The maximum atomic E-state index is 11.6. The SMILES string of the molecule is C=CC(=O)OC.CN=P.CN=P.CN=P.CN=P.COC(=O)CCN(CCC[Si](O)(O)O)CCC(=O)OC.CO[Si](CCCN)(OC)OC.NCCC[Si](O)(O)O.NCCN.NCCNC(=O)CCN(CCC[Si](O)(O)O)CCC(=O)NCCN.O.O.O.[Fe].[Fe].[Fe].[Fe].[Fe].[Fe].[Fe].[Fe].[Fe].[Fe].[Fe].[Fe]. The van der Waals surface area contributed by atoms with Crippen LogP contribution in [0.4, 0.5) is 0 Å². The van der Waals surface area contributed by atoms with Crippen molar-refractivity contribution in [2.45, 2.75) is 75.5 Å².